The number of benzene rings is 2. The number of hydrogen-bond donors (Lipinski definition) is 2. The molecule has 0 saturated carbocycles. The summed E-state index contributed by atoms with van der Waals surface area (Å²) in [4.78, 5) is 4.11. The first-order valence-corrected chi connectivity index (χ1v) is 10.5. The fourth-order valence-electron chi connectivity index (χ4n) is 2.69. The van der Waals surface area contributed by atoms with Crippen LogP contribution >= 0.6 is 11.6 Å². The molecule has 0 atom stereocenters. The molecule has 3 aromatic rings. The first-order valence-electron chi connectivity index (χ1n) is 8.62. The molecular weight excluding hydrogens is 427 g/mol. The van der Waals surface area contributed by atoms with Gasteiger partial charge >= 0.3 is 6.18 Å². The third-order valence-corrected chi connectivity index (χ3v) is 5.88. The van der Waals surface area contributed by atoms with Crippen LogP contribution in [-0.2, 0) is 16.2 Å². The number of sulfonamides is 1. The summed E-state index contributed by atoms with van der Waals surface area (Å²) in [7, 11) is -3.63. The monoisotopic (exact) mass is 443 g/mol. The van der Waals surface area contributed by atoms with Crippen molar-refractivity contribution in [3.05, 3.63) is 65.3 Å². The molecule has 1 aromatic heterocycles. The van der Waals surface area contributed by atoms with Crippen LogP contribution in [0.1, 0.15) is 12.0 Å². The Morgan fingerprint density at radius 2 is 1.72 bits per heavy atom. The number of nitrogens with one attached hydrogen (secondary N) is 2. The summed E-state index contributed by atoms with van der Waals surface area (Å²) in [6, 6.07) is 10.9. The minimum absolute atomic E-state index is 0.121. The van der Waals surface area contributed by atoms with Gasteiger partial charge in [-0.15, -0.1) is 0 Å². The van der Waals surface area contributed by atoms with E-state index in [2.05, 4.69) is 15.0 Å². The van der Waals surface area contributed by atoms with E-state index in [1.54, 1.807) is 6.07 Å². The van der Waals surface area contributed by atoms with Crippen molar-refractivity contribution in [2.24, 2.45) is 0 Å². The molecule has 0 unspecified atom stereocenters. The number of hydrogen-bond acceptors (Lipinski definition) is 4. The highest BCUT2D eigenvalue weighted by atomic mass is 35.5. The lowest BCUT2D eigenvalue weighted by Gasteiger charge is -2.12. The summed E-state index contributed by atoms with van der Waals surface area (Å²) in [6.07, 6.45) is -2.54. The van der Waals surface area contributed by atoms with Crippen molar-refractivity contribution in [1.82, 2.24) is 9.71 Å². The number of alkyl halides is 3. The van der Waals surface area contributed by atoms with Crippen LogP contribution in [0, 0.1) is 0 Å². The number of anilines is 1. The average molecular weight is 444 g/mol. The van der Waals surface area contributed by atoms with Crippen LogP contribution in [0.25, 0.3) is 10.9 Å². The third-order valence-electron chi connectivity index (χ3n) is 4.16. The molecule has 0 aliphatic heterocycles. The molecule has 1 heterocycles. The summed E-state index contributed by atoms with van der Waals surface area (Å²) >= 11 is 5.75. The lowest BCUT2D eigenvalue weighted by atomic mass is 10.1. The second kappa shape index (κ2) is 8.56. The average Bonchev–Trinajstić information content (AvgIpc) is 2.67. The van der Waals surface area contributed by atoms with Gasteiger partial charge in [-0.2, -0.15) is 13.2 Å². The van der Waals surface area contributed by atoms with Gasteiger partial charge in [0, 0.05) is 35.4 Å². The molecule has 2 aromatic carbocycles. The highest BCUT2D eigenvalue weighted by Gasteiger charge is 2.30. The summed E-state index contributed by atoms with van der Waals surface area (Å²) in [6.45, 7) is 0.614. The van der Waals surface area contributed by atoms with Crippen LogP contribution in [0.2, 0.25) is 5.02 Å². The predicted octanol–water partition coefficient (Wildman–Crippen LogP) is 4.69. The number of pyridine rings is 1. The number of fused-ring (bicyclic) bond motifs is 1. The molecule has 0 bridgehead atoms. The van der Waals surface area contributed by atoms with Gasteiger partial charge in [0.05, 0.1) is 16.0 Å². The second-order valence-corrected chi connectivity index (χ2v) is 8.42. The van der Waals surface area contributed by atoms with Gasteiger partial charge in [-0.25, -0.2) is 13.1 Å². The molecule has 0 spiro atoms. The fourth-order valence-corrected chi connectivity index (χ4v) is 3.89. The zero-order valence-electron chi connectivity index (χ0n) is 15.0. The van der Waals surface area contributed by atoms with Crippen molar-refractivity contribution in [3.8, 4) is 0 Å². The maximum atomic E-state index is 12.8. The largest absolute Gasteiger partial charge is 0.416 e. The van der Waals surface area contributed by atoms with Gasteiger partial charge in [0.25, 0.3) is 0 Å². The molecule has 5 nitrogen and oxygen atoms in total. The quantitative estimate of drug-likeness (QED) is 0.520. The Morgan fingerprint density at radius 1 is 1.00 bits per heavy atom. The van der Waals surface area contributed by atoms with E-state index in [0.29, 0.717) is 29.1 Å². The zero-order valence-corrected chi connectivity index (χ0v) is 16.6. The van der Waals surface area contributed by atoms with E-state index >= 15 is 0 Å². The summed E-state index contributed by atoms with van der Waals surface area (Å²) < 4.78 is 65.4. The van der Waals surface area contributed by atoms with E-state index in [4.69, 9.17) is 11.6 Å². The second-order valence-electron chi connectivity index (χ2n) is 6.22. The number of nitrogens with zero attached hydrogens (tertiary/aromatic N) is 1. The molecule has 0 saturated heterocycles. The maximum Gasteiger partial charge on any atom is 0.416 e. The SMILES string of the molecule is O=S(=O)(NCCCNc1ccnc2cc(C(F)(F)F)ccc12)c1ccc(Cl)cc1. The maximum absolute atomic E-state index is 12.8. The van der Waals surface area contributed by atoms with Crippen molar-refractivity contribution < 1.29 is 21.6 Å². The van der Waals surface area contributed by atoms with Crippen LogP contribution < -0.4 is 10.0 Å². The molecular formula is C19H17ClF3N3O2S. The molecule has 0 aliphatic carbocycles. The molecule has 154 valence electrons. The standard InChI is InChI=1S/C19H17ClF3N3O2S/c20-14-3-5-15(6-4-14)29(27,28)26-10-1-9-24-17-8-11-25-18-12-13(19(21,22)23)2-7-16(17)18/h2-8,11-12,26H,1,9-10H2,(H,24,25). The van der Waals surface area contributed by atoms with Crippen molar-refractivity contribution in [2.45, 2.75) is 17.5 Å². The summed E-state index contributed by atoms with van der Waals surface area (Å²) in [5, 5.41) is 4.11. The van der Waals surface area contributed by atoms with Crippen molar-refractivity contribution >= 4 is 38.2 Å². The van der Waals surface area contributed by atoms with Gasteiger partial charge in [0.1, 0.15) is 0 Å². The van der Waals surface area contributed by atoms with Crippen LogP contribution in [0.3, 0.4) is 0 Å². The minimum atomic E-state index is -4.43. The van der Waals surface area contributed by atoms with Crippen LogP contribution in [0.4, 0.5) is 18.9 Å². The number of aromatic nitrogens is 1. The lowest BCUT2D eigenvalue weighted by molar-refractivity contribution is -0.137. The number of halogens is 4. The van der Waals surface area contributed by atoms with Crippen LogP contribution in [0.5, 0.6) is 0 Å². The Bertz CT molecular complexity index is 1100. The molecule has 3 rings (SSSR count). The van der Waals surface area contributed by atoms with E-state index in [1.165, 1.54) is 36.5 Å². The van der Waals surface area contributed by atoms with Gasteiger partial charge in [0.2, 0.25) is 10.0 Å². The Labute approximate surface area is 171 Å². The van der Waals surface area contributed by atoms with E-state index in [-0.39, 0.29) is 17.0 Å². The van der Waals surface area contributed by atoms with Crippen LogP contribution in [0.15, 0.2) is 59.6 Å². The zero-order chi connectivity index (χ0) is 21.1. The Morgan fingerprint density at radius 3 is 2.41 bits per heavy atom. The van der Waals surface area contributed by atoms with Gasteiger partial charge < -0.3 is 5.32 Å². The minimum Gasteiger partial charge on any atom is -0.384 e. The van der Waals surface area contributed by atoms with Crippen molar-refractivity contribution in [2.75, 3.05) is 18.4 Å². The highest BCUT2D eigenvalue weighted by molar-refractivity contribution is 7.89. The Kier molecular flexibility index (Phi) is 6.30. The van der Waals surface area contributed by atoms with Gasteiger partial charge in [-0.3, -0.25) is 4.98 Å². The molecule has 0 aliphatic rings. The molecule has 29 heavy (non-hydrogen) atoms. The lowest BCUT2D eigenvalue weighted by Crippen LogP contribution is -2.26. The molecule has 2 N–H and O–H groups in total. The van der Waals surface area contributed by atoms with E-state index in [1.807, 2.05) is 0 Å². The Hall–Kier alpha value is -2.36. The van der Waals surface area contributed by atoms with Crippen LogP contribution in [-0.4, -0.2) is 26.5 Å². The van der Waals surface area contributed by atoms with Gasteiger partial charge in [-0.05, 0) is 48.9 Å². The summed E-state index contributed by atoms with van der Waals surface area (Å²) in [5.74, 6) is 0. The van der Waals surface area contributed by atoms with E-state index < -0.39 is 21.8 Å². The molecule has 0 amide bonds. The molecule has 0 radical (unpaired) electrons. The predicted molar refractivity (Wildman–Crippen MR) is 106 cm³/mol. The van der Waals surface area contributed by atoms with E-state index in [0.717, 1.165) is 12.1 Å². The van der Waals surface area contributed by atoms with Gasteiger partial charge in [-0.1, -0.05) is 17.7 Å². The first-order chi connectivity index (χ1) is 13.7. The first kappa shape index (κ1) is 21.4. The van der Waals surface area contributed by atoms with Crippen molar-refractivity contribution in [1.29, 1.82) is 0 Å². The topological polar surface area (TPSA) is 71.1 Å². The molecule has 10 heteroatoms. The van der Waals surface area contributed by atoms with E-state index in [9.17, 15) is 21.6 Å². The Balaban J connectivity index is 1.58. The third kappa shape index (κ3) is 5.37. The number of rotatable bonds is 7. The summed E-state index contributed by atoms with van der Waals surface area (Å²) in [5.41, 5.74) is 0.101. The molecule has 0 fully saturated rings. The van der Waals surface area contributed by atoms with Gasteiger partial charge in [0.15, 0.2) is 0 Å². The smallest absolute Gasteiger partial charge is 0.384 e. The van der Waals surface area contributed by atoms with Crippen molar-refractivity contribution in [3.63, 3.8) is 0 Å². The normalized spacial score (nSPS) is 12.3. The fraction of sp³-hybridized carbons (Fsp3) is 0.211. The highest BCUT2D eigenvalue weighted by Crippen LogP contribution is 2.32.